The van der Waals surface area contributed by atoms with Crippen molar-refractivity contribution in [3.8, 4) is 5.82 Å². The topological polar surface area (TPSA) is 46.8 Å². The molecule has 3 rings (SSSR count). The van der Waals surface area contributed by atoms with Gasteiger partial charge in [0, 0.05) is 26.4 Å². The van der Waals surface area contributed by atoms with Crippen LogP contribution in [0.25, 0.3) is 16.0 Å². The fourth-order valence-corrected chi connectivity index (χ4v) is 2.76. The summed E-state index contributed by atoms with van der Waals surface area (Å²) in [6, 6.07) is 3.85. The molecule has 3 heterocycles. The molecule has 3 aromatic heterocycles. The number of rotatable bonds is 2. The van der Waals surface area contributed by atoms with E-state index in [1.165, 1.54) is 0 Å². The van der Waals surface area contributed by atoms with Crippen LogP contribution in [-0.4, -0.2) is 33.8 Å². The molecule has 0 atom stereocenters. The van der Waals surface area contributed by atoms with E-state index >= 15 is 0 Å². The Hall–Kier alpha value is -1.66. The summed E-state index contributed by atoms with van der Waals surface area (Å²) in [7, 11) is 3.94. The predicted octanol–water partition coefficient (Wildman–Crippen LogP) is 2.60. The van der Waals surface area contributed by atoms with Gasteiger partial charge in [0.25, 0.3) is 0 Å². The molecule has 0 N–H and O–H groups in total. The Morgan fingerprint density at radius 1 is 1.33 bits per heavy atom. The van der Waals surface area contributed by atoms with E-state index in [1.54, 1.807) is 28.3 Å². The normalized spacial score (nSPS) is 11.1. The zero-order chi connectivity index (χ0) is 12.7. The number of fused-ring (bicyclic) bond motifs is 1. The third kappa shape index (κ3) is 1.74. The van der Waals surface area contributed by atoms with Gasteiger partial charge < -0.3 is 4.90 Å². The molecule has 0 aliphatic rings. The Labute approximate surface area is 113 Å². The molecule has 7 heteroatoms. The van der Waals surface area contributed by atoms with E-state index in [2.05, 4.69) is 21.1 Å². The molecule has 0 spiro atoms. The van der Waals surface area contributed by atoms with Crippen LogP contribution < -0.4 is 4.90 Å². The first-order valence-electron chi connectivity index (χ1n) is 5.29. The molecule has 0 saturated heterocycles. The van der Waals surface area contributed by atoms with Crippen molar-refractivity contribution in [1.82, 2.24) is 19.7 Å². The van der Waals surface area contributed by atoms with Gasteiger partial charge in [0.2, 0.25) is 5.28 Å². The highest BCUT2D eigenvalue weighted by molar-refractivity contribution is 7.16. The molecule has 0 amide bonds. The third-order valence-electron chi connectivity index (χ3n) is 2.52. The number of aromatic nitrogens is 4. The van der Waals surface area contributed by atoms with Gasteiger partial charge in [-0.1, -0.05) is 0 Å². The first-order chi connectivity index (χ1) is 8.66. The van der Waals surface area contributed by atoms with E-state index in [0.717, 1.165) is 16.0 Å². The summed E-state index contributed by atoms with van der Waals surface area (Å²) in [4.78, 5) is 11.1. The summed E-state index contributed by atoms with van der Waals surface area (Å²) < 4.78 is 1.79. The number of nitrogens with zero attached hydrogens (tertiary/aromatic N) is 5. The Morgan fingerprint density at radius 2 is 2.17 bits per heavy atom. The van der Waals surface area contributed by atoms with Gasteiger partial charge in [0.15, 0.2) is 11.6 Å². The summed E-state index contributed by atoms with van der Waals surface area (Å²) in [5.41, 5.74) is 0. The third-order valence-corrected chi connectivity index (χ3v) is 3.60. The van der Waals surface area contributed by atoms with Crippen molar-refractivity contribution in [1.29, 1.82) is 0 Å². The zero-order valence-corrected chi connectivity index (χ0v) is 11.4. The van der Waals surface area contributed by atoms with E-state index in [9.17, 15) is 0 Å². The van der Waals surface area contributed by atoms with Gasteiger partial charge in [-0.05, 0) is 23.0 Å². The average molecular weight is 280 g/mol. The number of thiophene rings is 1. The van der Waals surface area contributed by atoms with Crippen molar-refractivity contribution >= 4 is 39.0 Å². The van der Waals surface area contributed by atoms with E-state index in [4.69, 9.17) is 11.6 Å². The second kappa shape index (κ2) is 4.22. The number of hydrogen-bond acceptors (Lipinski definition) is 5. The van der Waals surface area contributed by atoms with E-state index in [1.807, 2.05) is 24.4 Å². The Morgan fingerprint density at radius 3 is 2.89 bits per heavy atom. The first kappa shape index (κ1) is 11.4. The molecule has 0 fully saturated rings. The van der Waals surface area contributed by atoms with Crippen molar-refractivity contribution in [3.05, 3.63) is 29.0 Å². The highest BCUT2D eigenvalue weighted by Gasteiger charge is 2.15. The van der Waals surface area contributed by atoms with Crippen LogP contribution in [0.5, 0.6) is 0 Å². The molecular formula is C11H10ClN5S. The monoisotopic (exact) mass is 279 g/mol. The highest BCUT2D eigenvalue weighted by Crippen LogP contribution is 2.30. The van der Waals surface area contributed by atoms with Gasteiger partial charge >= 0.3 is 0 Å². The van der Waals surface area contributed by atoms with Crippen LogP contribution in [0.1, 0.15) is 0 Å². The lowest BCUT2D eigenvalue weighted by molar-refractivity contribution is 0.858. The second-order valence-electron chi connectivity index (χ2n) is 3.95. The van der Waals surface area contributed by atoms with Gasteiger partial charge in [-0.2, -0.15) is 4.98 Å². The molecule has 0 aliphatic carbocycles. The molecule has 0 saturated carbocycles. The standard InChI is InChI=1S/C11H10ClN5S/c1-16(2)9-7-4-6-18-10(7)17(15-9)8-3-5-13-11(12)14-8/h3-6H,1-2H3. The maximum atomic E-state index is 5.82. The minimum absolute atomic E-state index is 0.221. The smallest absolute Gasteiger partial charge is 0.224 e. The molecule has 0 radical (unpaired) electrons. The molecule has 92 valence electrons. The molecule has 5 nitrogen and oxygen atoms in total. The summed E-state index contributed by atoms with van der Waals surface area (Å²) in [6.45, 7) is 0. The molecule has 3 aromatic rings. The van der Waals surface area contributed by atoms with Crippen molar-refractivity contribution in [2.45, 2.75) is 0 Å². The largest absolute Gasteiger partial charge is 0.361 e. The minimum atomic E-state index is 0.221. The molecular weight excluding hydrogens is 270 g/mol. The fourth-order valence-electron chi connectivity index (χ4n) is 1.76. The molecule has 0 bridgehead atoms. The number of halogens is 1. The second-order valence-corrected chi connectivity index (χ2v) is 5.19. The molecule has 0 unspecified atom stereocenters. The SMILES string of the molecule is CN(C)c1nn(-c2ccnc(Cl)n2)c2sccc12. The van der Waals surface area contributed by atoms with Crippen molar-refractivity contribution in [2.24, 2.45) is 0 Å². The molecule has 0 aromatic carbocycles. The maximum absolute atomic E-state index is 5.82. The van der Waals surface area contributed by atoms with Gasteiger partial charge in [-0.15, -0.1) is 16.4 Å². The lowest BCUT2D eigenvalue weighted by Gasteiger charge is -2.07. The van der Waals surface area contributed by atoms with E-state index in [0.29, 0.717) is 5.82 Å². The summed E-state index contributed by atoms with van der Waals surface area (Å²) in [5.74, 6) is 1.59. The van der Waals surface area contributed by atoms with Crippen LogP contribution in [0.15, 0.2) is 23.7 Å². The van der Waals surface area contributed by atoms with Crippen molar-refractivity contribution in [3.63, 3.8) is 0 Å². The predicted molar refractivity (Wildman–Crippen MR) is 73.9 cm³/mol. The lowest BCUT2D eigenvalue weighted by Crippen LogP contribution is -2.10. The molecule has 0 aliphatic heterocycles. The van der Waals surface area contributed by atoms with Crippen LogP contribution >= 0.6 is 22.9 Å². The number of hydrogen-bond donors (Lipinski definition) is 0. The van der Waals surface area contributed by atoms with Crippen LogP contribution in [-0.2, 0) is 0 Å². The van der Waals surface area contributed by atoms with Crippen LogP contribution in [0.2, 0.25) is 5.28 Å². The minimum Gasteiger partial charge on any atom is -0.361 e. The van der Waals surface area contributed by atoms with Gasteiger partial charge in [0.05, 0.1) is 5.39 Å². The van der Waals surface area contributed by atoms with Gasteiger partial charge in [0.1, 0.15) is 4.83 Å². The summed E-state index contributed by atoms with van der Waals surface area (Å²) >= 11 is 7.44. The Kier molecular flexibility index (Phi) is 2.68. The van der Waals surface area contributed by atoms with Gasteiger partial charge in [-0.25, -0.2) is 9.67 Å². The zero-order valence-electron chi connectivity index (χ0n) is 9.83. The van der Waals surface area contributed by atoms with Crippen molar-refractivity contribution in [2.75, 3.05) is 19.0 Å². The van der Waals surface area contributed by atoms with E-state index < -0.39 is 0 Å². The Bertz CT molecular complexity index is 702. The van der Waals surface area contributed by atoms with E-state index in [-0.39, 0.29) is 5.28 Å². The van der Waals surface area contributed by atoms with Crippen LogP contribution in [0, 0.1) is 0 Å². The van der Waals surface area contributed by atoms with Crippen LogP contribution in [0.3, 0.4) is 0 Å². The maximum Gasteiger partial charge on any atom is 0.224 e. The number of anilines is 1. The summed E-state index contributed by atoms with van der Waals surface area (Å²) in [5, 5.41) is 7.94. The highest BCUT2D eigenvalue weighted by atomic mass is 35.5. The quantitative estimate of drug-likeness (QED) is 0.677. The summed E-state index contributed by atoms with van der Waals surface area (Å²) in [6.07, 6.45) is 1.63. The average Bonchev–Trinajstić information content (AvgIpc) is 2.88. The first-order valence-corrected chi connectivity index (χ1v) is 6.55. The fraction of sp³-hybridized carbons (Fsp3) is 0.182. The van der Waals surface area contributed by atoms with Crippen LogP contribution in [0.4, 0.5) is 5.82 Å². The van der Waals surface area contributed by atoms with Gasteiger partial charge in [-0.3, -0.25) is 0 Å². The lowest BCUT2D eigenvalue weighted by atomic mass is 10.4. The van der Waals surface area contributed by atoms with Crippen molar-refractivity contribution < 1.29 is 0 Å². The molecule has 18 heavy (non-hydrogen) atoms. The Balaban J connectivity index is 2.26.